The lowest BCUT2D eigenvalue weighted by molar-refractivity contribution is 0.131. The zero-order valence-electron chi connectivity index (χ0n) is 20.5. The second-order valence-electron chi connectivity index (χ2n) is 9.59. The van der Waals surface area contributed by atoms with Gasteiger partial charge in [-0.25, -0.2) is 19.0 Å². The standard InChI is InChI=1S/C27H28N8O2/c1-16-30-25(28)24-21(14-23(35(24)31-16)18-9-11-33(12-10-18)27(36)37)19-7-8-20-22(13-19)32-34(26(20)29)15-17-5-3-2-4-6-17/h2-8,13-14,18H,9-12,15,29H2,1H3,(H,36,37)(H2,28,30,31). The van der Waals surface area contributed by atoms with Crippen LogP contribution in [0.3, 0.4) is 0 Å². The van der Waals surface area contributed by atoms with E-state index in [1.165, 1.54) is 4.90 Å². The number of piperidine rings is 1. The first kappa shape index (κ1) is 22.8. The van der Waals surface area contributed by atoms with Gasteiger partial charge in [0.1, 0.15) is 17.2 Å². The molecule has 0 spiro atoms. The van der Waals surface area contributed by atoms with Crippen molar-refractivity contribution < 1.29 is 9.90 Å². The van der Waals surface area contributed by atoms with E-state index in [0.717, 1.165) is 51.6 Å². The van der Waals surface area contributed by atoms with Gasteiger partial charge in [0.05, 0.1) is 12.1 Å². The second kappa shape index (κ2) is 8.81. The lowest BCUT2D eigenvalue weighted by Gasteiger charge is -2.29. The van der Waals surface area contributed by atoms with Crippen molar-refractivity contribution in [1.29, 1.82) is 0 Å². The summed E-state index contributed by atoms with van der Waals surface area (Å²) in [5.74, 6) is 1.77. The Bertz CT molecular complexity index is 1630. The van der Waals surface area contributed by atoms with E-state index >= 15 is 0 Å². The molecule has 37 heavy (non-hydrogen) atoms. The summed E-state index contributed by atoms with van der Waals surface area (Å²) in [6, 6.07) is 18.3. The molecular formula is C27H28N8O2. The Morgan fingerprint density at radius 1 is 1.05 bits per heavy atom. The van der Waals surface area contributed by atoms with Crippen LogP contribution in [0, 0.1) is 6.92 Å². The highest BCUT2D eigenvalue weighted by molar-refractivity contribution is 5.96. The smallest absolute Gasteiger partial charge is 0.407 e. The maximum absolute atomic E-state index is 11.4. The van der Waals surface area contributed by atoms with Crippen LogP contribution in [0.1, 0.15) is 35.8 Å². The fourth-order valence-electron chi connectivity index (χ4n) is 5.34. The molecule has 6 rings (SSSR count). The lowest BCUT2D eigenvalue weighted by atomic mass is 9.93. The van der Waals surface area contributed by atoms with Gasteiger partial charge in [-0.2, -0.15) is 10.2 Å². The van der Waals surface area contributed by atoms with E-state index in [9.17, 15) is 9.90 Å². The number of benzene rings is 2. The van der Waals surface area contributed by atoms with Gasteiger partial charge in [0.2, 0.25) is 0 Å². The maximum atomic E-state index is 11.4. The van der Waals surface area contributed by atoms with Gasteiger partial charge in [-0.05, 0) is 49.1 Å². The number of nitrogens with zero attached hydrogens (tertiary/aromatic N) is 6. The Morgan fingerprint density at radius 3 is 2.54 bits per heavy atom. The Hall–Kier alpha value is -4.60. The van der Waals surface area contributed by atoms with Gasteiger partial charge in [0.25, 0.3) is 0 Å². The largest absolute Gasteiger partial charge is 0.465 e. The van der Waals surface area contributed by atoms with Gasteiger partial charge in [0, 0.05) is 35.7 Å². The molecule has 10 nitrogen and oxygen atoms in total. The number of aryl methyl sites for hydroxylation is 1. The van der Waals surface area contributed by atoms with Crippen LogP contribution in [0.2, 0.25) is 0 Å². The number of carbonyl (C=O) groups is 1. The Balaban J connectivity index is 1.42. The number of hydrogen-bond donors (Lipinski definition) is 3. The third-order valence-electron chi connectivity index (χ3n) is 7.22. The van der Waals surface area contributed by atoms with E-state index in [4.69, 9.17) is 21.7 Å². The van der Waals surface area contributed by atoms with Crippen molar-refractivity contribution in [2.75, 3.05) is 24.6 Å². The number of hydrogen-bond acceptors (Lipinski definition) is 6. The minimum Gasteiger partial charge on any atom is -0.465 e. The normalized spacial score (nSPS) is 14.6. The van der Waals surface area contributed by atoms with Crippen LogP contribution in [0.4, 0.5) is 16.4 Å². The first-order valence-electron chi connectivity index (χ1n) is 12.3. The molecule has 4 heterocycles. The summed E-state index contributed by atoms with van der Waals surface area (Å²) in [5, 5.41) is 19.7. The zero-order valence-corrected chi connectivity index (χ0v) is 20.5. The fraction of sp³-hybridized carbons (Fsp3) is 0.259. The number of rotatable bonds is 4. The average molecular weight is 497 g/mol. The molecule has 0 radical (unpaired) electrons. The molecular weight excluding hydrogens is 468 g/mol. The predicted molar refractivity (Wildman–Crippen MR) is 142 cm³/mol. The van der Waals surface area contributed by atoms with Crippen molar-refractivity contribution in [3.8, 4) is 11.1 Å². The van der Waals surface area contributed by atoms with Gasteiger partial charge in [-0.3, -0.25) is 0 Å². The summed E-state index contributed by atoms with van der Waals surface area (Å²) >= 11 is 0. The van der Waals surface area contributed by atoms with Crippen molar-refractivity contribution >= 4 is 34.1 Å². The highest BCUT2D eigenvalue weighted by atomic mass is 16.4. The number of nitrogen functional groups attached to an aromatic ring is 2. The van der Waals surface area contributed by atoms with Crippen LogP contribution < -0.4 is 11.5 Å². The molecule has 10 heteroatoms. The number of nitrogens with two attached hydrogens (primary N) is 2. The van der Waals surface area contributed by atoms with Gasteiger partial charge < -0.3 is 21.5 Å². The molecule has 1 amide bonds. The summed E-state index contributed by atoms with van der Waals surface area (Å²) in [4.78, 5) is 17.3. The van der Waals surface area contributed by atoms with E-state index in [2.05, 4.69) is 23.2 Å². The number of amides is 1. The molecule has 0 aliphatic carbocycles. The minimum absolute atomic E-state index is 0.162. The van der Waals surface area contributed by atoms with Crippen LogP contribution in [-0.4, -0.2) is 53.6 Å². The van der Waals surface area contributed by atoms with E-state index in [1.54, 1.807) is 0 Å². The van der Waals surface area contributed by atoms with Gasteiger partial charge in [0.15, 0.2) is 5.82 Å². The molecule has 3 aromatic heterocycles. The fourth-order valence-corrected chi connectivity index (χ4v) is 5.34. The first-order valence-corrected chi connectivity index (χ1v) is 12.3. The topological polar surface area (TPSA) is 141 Å². The number of anilines is 2. The molecule has 1 aliphatic heterocycles. The molecule has 188 valence electrons. The van der Waals surface area contributed by atoms with Crippen LogP contribution in [0.5, 0.6) is 0 Å². The molecule has 0 bridgehead atoms. The average Bonchev–Trinajstić information content (AvgIpc) is 3.42. The first-order chi connectivity index (χ1) is 17.9. The number of fused-ring (bicyclic) bond motifs is 2. The summed E-state index contributed by atoms with van der Waals surface area (Å²) in [6.45, 7) is 3.39. The molecule has 5 N–H and O–H groups in total. The summed E-state index contributed by atoms with van der Waals surface area (Å²) < 4.78 is 3.71. The van der Waals surface area contributed by atoms with Gasteiger partial charge in [-0.1, -0.05) is 36.4 Å². The molecule has 0 atom stereocenters. The SMILES string of the molecule is Cc1nc(N)c2c(-c3ccc4c(N)n(Cc5ccccc5)nc4c3)cc(C3CCN(C(=O)O)CC3)n2n1. The number of likely N-dealkylation sites (tertiary alicyclic amines) is 1. The highest BCUT2D eigenvalue weighted by Crippen LogP contribution is 2.38. The maximum Gasteiger partial charge on any atom is 0.407 e. The molecule has 1 aliphatic rings. The molecule has 1 saturated heterocycles. The van der Waals surface area contributed by atoms with E-state index in [1.807, 2.05) is 52.5 Å². The van der Waals surface area contributed by atoms with Crippen LogP contribution in [0.25, 0.3) is 27.5 Å². The summed E-state index contributed by atoms with van der Waals surface area (Å²) in [7, 11) is 0. The van der Waals surface area contributed by atoms with E-state index in [-0.39, 0.29) is 5.92 Å². The Kier molecular flexibility index (Phi) is 5.44. The molecule has 2 aromatic carbocycles. The van der Waals surface area contributed by atoms with Crippen LogP contribution in [0.15, 0.2) is 54.6 Å². The molecule has 0 saturated carbocycles. The lowest BCUT2D eigenvalue weighted by Crippen LogP contribution is -2.37. The van der Waals surface area contributed by atoms with Crippen LogP contribution >= 0.6 is 0 Å². The second-order valence-corrected chi connectivity index (χ2v) is 9.59. The van der Waals surface area contributed by atoms with Crippen molar-refractivity contribution in [3.05, 3.63) is 71.7 Å². The summed E-state index contributed by atoms with van der Waals surface area (Å²) in [5.41, 5.74) is 18.4. The molecule has 0 unspecified atom stereocenters. The third-order valence-corrected chi connectivity index (χ3v) is 7.22. The number of carboxylic acid groups (broad SMARTS) is 1. The third kappa shape index (κ3) is 4.00. The monoisotopic (exact) mass is 496 g/mol. The number of aromatic nitrogens is 5. The van der Waals surface area contributed by atoms with Crippen molar-refractivity contribution in [1.82, 2.24) is 29.3 Å². The van der Waals surface area contributed by atoms with Crippen molar-refractivity contribution in [3.63, 3.8) is 0 Å². The Labute approximate surface area is 213 Å². The molecule has 5 aromatic rings. The minimum atomic E-state index is -0.874. The quantitative estimate of drug-likeness (QED) is 0.340. The highest BCUT2D eigenvalue weighted by Gasteiger charge is 2.28. The van der Waals surface area contributed by atoms with Crippen LogP contribution in [-0.2, 0) is 6.54 Å². The summed E-state index contributed by atoms with van der Waals surface area (Å²) in [6.07, 6.45) is 0.571. The van der Waals surface area contributed by atoms with E-state index in [0.29, 0.717) is 37.1 Å². The Morgan fingerprint density at radius 2 is 1.81 bits per heavy atom. The molecule has 1 fully saturated rings. The van der Waals surface area contributed by atoms with E-state index < -0.39 is 6.09 Å². The van der Waals surface area contributed by atoms with Crippen molar-refractivity contribution in [2.24, 2.45) is 0 Å². The van der Waals surface area contributed by atoms with Crippen molar-refractivity contribution in [2.45, 2.75) is 32.2 Å². The zero-order chi connectivity index (χ0) is 25.7. The predicted octanol–water partition coefficient (Wildman–Crippen LogP) is 4.12. The van der Waals surface area contributed by atoms with Gasteiger partial charge in [-0.15, -0.1) is 0 Å². The van der Waals surface area contributed by atoms with Gasteiger partial charge >= 0.3 is 6.09 Å².